The van der Waals surface area contributed by atoms with E-state index in [1.54, 1.807) is 50.2 Å². The number of aromatic nitrogens is 2. The van der Waals surface area contributed by atoms with Gasteiger partial charge in [-0.3, -0.25) is 9.59 Å². The van der Waals surface area contributed by atoms with Crippen LogP contribution in [0.2, 0.25) is 0 Å². The van der Waals surface area contributed by atoms with Crippen molar-refractivity contribution in [1.82, 2.24) is 20.6 Å². The summed E-state index contributed by atoms with van der Waals surface area (Å²) in [5, 5.41) is 5.72. The van der Waals surface area contributed by atoms with Gasteiger partial charge in [0.1, 0.15) is 11.4 Å². The molecule has 4 rings (SSSR count). The van der Waals surface area contributed by atoms with Crippen molar-refractivity contribution in [2.24, 2.45) is 0 Å². The molecule has 4 N–H and O–H groups in total. The molecule has 18 nitrogen and oxygen atoms in total. The van der Waals surface area contributed by atoms with E-state index < -0.39 is 71.5 Å². The van der Waals surface area contributed by atoms with Crippen molar-refractivity contribution >= 4 is 69.4 Å². The summed E-state index contributed by atoms with van der Waals surface area (Å²) in [6.45, 7) is 11.2. The molecule has 0 spiro atoms. The molecule has 0 atom stereocenters. The molecule has 0 aliphatic heterocycles. The Morgan fingerprint density at radius 3 is 1.08 bits per heavy atom. The van der Waals surface area contributed by atoms with Crippen molar-refractivity contribution in [2.45, 2.75) is 85.7 Å². The summed E-state index contributed by atoms with van der Waals surface area (Å²) in [5.41, 5.74) is -2.31. The highest BCUT2D eigenvalue weighted by molar-refractivity contribution is 6.10. The molecule has 0 saturated carbocycles. The third-order valence-electron chi connectivity index (χ3n) is 9.47. The first-order chi connectivity index (χ1) is 29.0. The molecule has 61 heavy (non-hydrogen) atoms. The first kappa shape index (κ1) is 47.0. The zero-order chi connectivity index (χ0) is 45.1. The van der Waals surface area contributed by atoms with Crippen molar-refractivity contribution in [3.63, 3.8) is 0 Å². The van der Waals surface area contributed by atoms with Gasteiger partial charge in [0, 0.05) is 48.5 Å². The Bertz CT molecular complexity index is 2130. The van der Waals surface area contributed by atoms with Crippen molar-refractivity contribution in [2.75, 3.05) is 39.6 Å². The fraction of sp³-hybridized carbons (Fsp3) is 0.442. The number of benzene rings is 2. The molecule has 2 heterocycles. The Hall–Kier alpha value is -6.72. The van der Waals surface area contributed by atoms with Gasteiger partial charge < -0.3 is 49.0 Å². The lowest BCUT2D eigenvalue weighted by atomic mass is 9.87. The monoisotopic (exact) mass is 848 g/mol. The molecule has 2 aromatic carbocycles. The summed E-state index contributed by atoms with van der Waals surface area (Å²) in [7, 11) is 0. The van der Waals surface area contributed by atoms with Crippen LogP contribution in [0.4, 0.5) is 0 Å². The molecule has 0 aliphatic carbocycles. The lowest BCUT2D eigenvalue weighted by molar-refractivity contribution is -0.169. The molecule has 0 radical (unpaired) electrons. The summed E-state index contributed by atoms with van der Waals surface area (Å²) < 4.78 is 31.8. The zero-order valence-electron chi connectivity index (χ0n) is 35.5. The van der Waals surface area contributed by atoms with Crippen LogP contribution >= 0.6 is 0 Å². The van der Waals surface area contributed by atoms with Crippen LogP contribution in [-0.4, -0.2) is 108 Å². The van der Waals surface area contributed by atoms with E-state index in [9.17, 15) is 38.4 Å². The quantitative estimate of drug-likeness (QED) is 0.0563. The Morgan fingerprint density at radius 2 is 0.803 bits per heavy atom. The smallest absolute Gasteiger partial charge is 0.355 e. The zero-order valence-corrected chi connectivity index (χ0v) is 35.5. The second-order valence-electron chi connectivity index (χ2n) is 13.7. The number of nitrogens with one attached hydrogen (secondary N) is 4. The minimum absolute atomic E-state index is 0.0124. The van der Waals surface area contributed by atoms with Gasteiger partial charge in [-0.25, -0.2) is 28.8 Å². The first-order valence-electron chi connectivity index (χ1n) is 19.9. The lowest BCUT2D eigenvalue weighted by Crippen LogP contribution is -2.62. The molecule has 4 aromatic rings. The second kappa shape index (κ2) is 20.5. The van der Waals surface area contributed by atoms with E-state index >= 15 is 0 Å². The third-order valence-corrected chi connectivity index (χ3v) is 9.47. The van der Waals surface area contributed by atoms with E-state index in [2.05, 4.69) is 20.6 Å². The maximum Gasteiger partial charge on any atom is 0.355 e. The molecule has 0 unspecified atom stereocenters. The molecule has 2 aromatic heterocycles. The van der Waals surface area contributed by atoms with Crippen LogP contribution in [0.1, 0.15) is 98.6 Å². The van der Waals surface area contributed by atoms with Crippen molar-refractivity contribution in [3.05, 3.63) is 70.0 Å². The minimum atomic E-state index is -2.38. The number of rotatable bonds is 20. The van der Waals surface area contributed by atoms with Gasteiger partial charge in [0.2, 0.25) is 22.9 Å². The van der Waals surface area contributed by atoms with Gasteiger partial charge in [-0.15, -0.1) is 0 Å². The molecule has 0 bridgehead atoms. The van der Waals surface area contributed by atoms with E-state index in [1.807, 2.05) is 0 Å². The molecule has 328 valence electrons. The predicted octanol–water partition coefficient (Wildman–Crippen LogP) is 3.68. The molecular weight excluding hydrogens is 796 g/mol. The van der Waals surface area contributed by atoms with Gasteiger partial charge in [0.25, 0.3) is 0 Å². The van der Waals surface area contributed by atoms with Crippen LogP contribution in [-0.2, 0) is 76.5 Å². The van der Waals surface area contributed by atoms with Gasteiger partial charge in [0.05, 0.1) is 39.6 Å². The largest absolute Gasteiger partial charge is 0.464 e. The number of carbonyl (C=O) groups is 8. The van der Waals surface area contributed by atoms with E-state index in [0.717, 1.165) is 13.8 Å². The van der Waals surface area contributed by atoms with Crippen LogP contribution in [0.5, 0.6) is 0 Å². The van der Waals surface area contributed by atoms with Crippen LogP contribution < -0.4 is 10.6 Å². The topological polar surface area (TPSA) is 248 Å². The van der Waals surface area contributed by atoms with Crippen LogP contribution in [0.3, 0.4) is 0 Å². The number of ether oxygens (including phenoxy) is 6. The maximum atomic E-state index is 13.6. The lowest BCUT2D eigenvalue weighted by Gasteiger charge is -2.30. The normalized spacial score (nSPS) is 11.4. The number of esters is 6. The Morgan fingerprint density at radius 1 is 0.492 bits per heavy atom. The summed E-state index contributed by atoms with van der Waals surface area (Å²) in [6.07, 6.45) is -0.869. The van der Waals surface area contributed by atoms with Crippen LogP contribution in [0.15, 0.2) is 36.4 Å². The van der Waals surface area contributed by atoms with Crippen molar-refractivity contribution in [3.8, 4) is 0 Å². The first-order valence-corrected chi connectivity index (χ1v) is 19.9. The summed E-state index contributed by atoms with van der Waals surface area (Å²) in [4.78, 5) is 112. The number of carbonyl (C=O) groups excluding carboxylic acids is 8. The highest BCUT2D eigenvalue weighted by atomic mass is 16.6. The number of hydrogen-bond donors (Lipinski definition) is 4. The Balaban J connectivity index is 1.94. The summed E-state index contributed by atoms with van der Waals surface area (Å²) in [5.74, 6) is -7.37. The molecule has 0 aliphatic rings. The second-order valence-corrected chi connectivity index (χ2v) is 13.7. The number of aromatic amines is 2. The Labute approximate surface area is 351 Å². The molecule has 0 saturated heterocycles. The van der Waals surface area contributed by atoms with Gasteiger partial charge >= 0.3 is 35.8 Å². The predicted molar refractivity (Wildman–Crippen MR) is 218 cm³/mol. The van der Waals surface area contributed by atoms with Crippen LogP contribution in [0, 0.1) is 0 Å². The van der Waals surface area contributed by atoms with E-state index in [-0.39, 0.29) is 68.6 Å². The van der Waals surface area contributed by atoms with Crippen LogP contribution in [0.25, 0.3) is 21.8 Å². The average molecular weight is 849 g/mol. The molecular formula is C43H52N4O14. The van der Waals surface area contributed by atoms with Gasteiger partial charge in [0.15, 0.2) is 0 Å². The maximum absolute atomic E-state index is 13.6. The number of hydrogen-bond acceptors (Lipinski definition) is 14. The number of amides is 2. The highest BCUT2D eigenvalue weighted by Crippen LogP contribution is 2.33. The van der Waals surface area contributed by atoms with Crippen molar-refractivity contribution in [1.29, 1.82) is 0 Å². The van der Waals surface area contributed by atoms with Gasteiger partial charge in [-0.1, -0.05) is 12.1 Å². The van der Waals surface area contributed by atoms with Crippen molar-refractivity contribution < 1.29 is 66.8 Å². The fourth-order valence-corrected chi connectivity index (χ4v) is 7.06. The fourth-order valence-electron chi connectivity index (χ4n) is 7.06. The van der Waals surface area contributed by atoms with Gasteiger partial charge in [-0.2, -0.15) is 0 Å². The standard InChI is InChI=1S/C43H52N4O14/c1-9-56-36(50)34-30(22-42(46-24(7)48,38(52)58-11-3)39(53)59-12-4)28-20-26(15-17-32(28)44-34)19-27-16-18-33-29(21-27)31(35(45-33)37(51)57-10-2)23-43(47-25(8)49,40(54)60-13-5)41(55)61-14-6/h15-18,20-21,44-45H,9-14,19,22-23H2,1-8H3,(H,46,48)(H,47,49). The molecule has 0 fully saturated rings. The molecule has 18 heteroatoms. The van der Waals surface area contributed by atoms with E-state index in [4.69, 9.17) is 28.4 Å². The van der Waals surface area contributed by atoms with Gasteiger partial charge in [-0.05, 0) is 94.5 Å². The average Bonchev–Trinajstić information content (AvgIpc) is 3.74. The van der Waals surface area contributed by atoms with E-state index in [1.165, 1.54) is 27.7 Å². The molecule has 2 amide bonds. The third kappa shape index (κ3) is 10.2. The number of H-pyrrole nitrogens is 2. The minimum Gasteiger partial charge on any atom is -0.464 e. The SMILES string of the molecule is CCOC(=O)c1[nH]c2ccc(Cc3ccc4[nH]c(C(=O)OCC)c(CC(NC(C)=O)(C(=O)OCC)C(=O)OCC)c4c3)cc2c1CC(NC(C)=O)(C(=O)OCC)C(=O)OCC. The number of fused-ring (bicyclic) bond motifs is 2. The summed E-state index contributed by atoms with van der Waals surface area (Å²) in [6, 6.07) is 10.5. The highest BCUT2D eigenvalue weighted by Gasteiger charge is 2.52. The van der Waals surface area contributed by atoms with E-state index in [0.29, 0.717) is 32.9 Å². The summed E-state index contributed by atoms with van der Waals surface area (Å²) >= 11 is 0. The Kier molecular flexibility index (Phi) is 15.8.